The molecular weight excluding hydrogens is 232 g/mol. The summed E-state index contributed by atoms with van der Waals surface area (Å²) >= 11 is 0. The first kappa shape index (κ1) is 12.4. The summed E-state index contributed by atoms with van der Waals surface area (Å²) < 4.78 is 15.7. The van der Waals surface area contributed by atoms with Crippen molar-refractivity contribution in [3.63, 3.8) is 0 Å². The molecule has 0 radical (unpaired) electrons. The summed E-state index contributed by atoms with van der Waals surface area (Å²) in [5.41, 5.74) is 0. The van der Waals surface area contributed by atoms with E-state index in [1.165, 1.54) is 0 Å². The van der Waals surface area contributed by atoms with Crippen LogP contribution in [0.2, 0.25) is 0 Å². The Kier molecular flexibility index (Phi) is 4.17. The fraction of sp³-hybridized carbons (Fsp3) is 0.385. The quantitative estimate of drug-likeness (QED) is 0.786. The summed E-state index contributed by atoms with van der Waals surface area (Å²) in [6.07, 6.45) is 1.82. The standard InChI is InChI=1S/C13H16N2O3/c1-3-4-12-14-13(18-15-12)9-17-11-7-5-10(16-2)6-8-11/h5-8H,3-4,9H2,1-2H3. The molecule has 0 aliphatic heterocycles. The van der Waals surface area contributed by atoms with Crippen molar-refractivity contribution in [2.24, 2.45) is 0 Å². The third-order valence-corrected chi connectivity index (χ3v) is 2.41. The molecule has 0 aliphatic rings. The zero-order valence-corrected chi connectivity index (χ0v) is 10.5. The van der Waals surface area contributed by atoms with Crippen molar-refractivity contribution in [1.29, 1.82) is 0 Å². The van der Waals surface area contributed by atoms with Gasteiger partial charge in [0.1, 0.15) is 11.5 Å². The molecule has 1 aromatic carbocycles. The van der Waals surface area contributed by atoms with Gasteiger partial charge in [-0.1, -0.05) is 12.1 Å². The van der Waals surface area contributed by atoms with Crippen LogP contribution in [0.25, 0.3) is 0 Å². The lowest BCUT2D eigenvalue weighted by Gasteiger charge is -2.04. The van der Waals surface area contributed by atoms with Gasteiger partial charge in [0, 0.05) is 6.42 Å². The number of methoxy groups -OCH3 is 1. The van der Waals surface area contributed by atoms with Crippen molar-refractivity contribution >= 4 is 0 Å². The summed E-state index contributed by atoms with van der Waals surface area (Å²) in [6.45, 7) is 2.35. The van der Waals surface area contributed by atoms with E-state index in [0.717, 1.165) is 30.2 Å². The largest absolute Gasteiger partial charge is 0.497 e. The van der Waals surface area contributed by atoms with Gasteiger partial charge in [-0.2, -0.15) is 4.98 Å². The van der Waals surface area contributed by atoms with Gasteiger partial charge in [-0.05, 0) is 30.7 Å². The first-order valence-corrected chi connectivity index (χ1v) is 5.90. The molecule has 0 saturated carbocycles. The maximum atomic E-state index is 5.53. The molecule has 0 fully saturated rings. The van der Waals surface area contributed by atoms with E-state index in [2.05, 4.69) is 17.1 Å². The number of nitrogens with zero attached hydrogens (tertiary/aromatic N) is 2. The van der Waals surface area contributed by atoms with Gasteiger partial charge in [0.25, 0.3) is 5.89 Å². The molecule has 1 heterocycles. The molecule has 5 heteroatoms. The second kappa shape index (κ2) is 6.05. The van der Waals surface area contributed by atoms with Crippen LogP contribution in [0.3, 0.4) is 0 Å². The Morgan fingerprint density at radius 2 is 1.89 bits per heavy atom. The Labute approximate surface area is 106 Å². The number of rotatable bonds is 6. The molecule has 2 aromatic rings. The van der Waals surface area contributed by atoms with Crippen LogP contribution in [0.4, 0.5) is 0 Å². The van der Waals surface area contributed by atoms with Crippen LogP contribution in [-0.4, -0.2) is 17.3 Å². The predicted molar refractivity (Wildman–Crippen MR) is 65.6 cm³/mol. The van der Waals surface area contributed by atoms with Crippen molar-refractivity contribution in [2.45, 2.75) is 26.4 Å². The number of ether oxygens (including phenoxy) is 2. The summed E-state index contributed by atoms with van der Waals surface area (Å²) in [6, 6.07) is 7.35. The first-order chi connectivity index (χ1) is 8.81. The average Bonchev–Trinajstić information content (AvgIpc) is 2.85. The Morgan fingerprint density at radius 3 is 2.56 bits per heavy atom. The van der Waals surface area contributed by atoms with Crippen molar-refractivity contribution in [2.75, 3.05) is 7.11 Å². The fourth-order valence-corrected chi connectivity index (χ4v) is 1.49. The molecule has 0 unspecified atom stereocenters. The molecule has 5 nitrogen and oxygen atoms in total. The number of benzene rings is 1. The van der Waals surface area contributed by atoms with E-state index in [9.17, 15) is 0 Å². The predicted octanol–water partition coefficient (Wildman–Crippen LogP) is 2.61. The Bertz CT molecular complexity index is 479. The lowest BCUT2D eigenvalue weighted by molar-refractivity contribution is 0.242. The zero-order chi connectivity index (χ0) is 12.8. The zero-order valence-electron chi connectivity index (χ0n) is 10.5. The fourth-order valence-electron chi connectivity index (χ4n) is 1.49. The highest BCUT2D eigenvalue weighted by molar-refractivity contribution is 5.31. The highest BCUT2D eigenvalue weighted by atomic mass is 16.5. The highest BCUT2D eigenvalue weighted by Crippen LogP contribution is 2.17. The summed E-state index contributed by atoms with van der Waals surface area (Å²) in [7, 11) is 1.63. The van der Waals surface area contributed by atoms with Crippen molar-refractivity contribution in [3.05, 3.63) is 36.0 Å². The van der Waals surface area contributed by atoms with Gasteiger partial charge in [-0.25, -0.2) is 0 Å². The smallest absolute Gasteiger partial charge is 0.264 e. The molecule has 0 atom stereocenters. The Balaban J connectivity index is 1.89. The van der Waals surface area contributed by atoms with Gasteiger partial charge in [-0.3, -0.25) is 0 Å². The number of aromatic nitrogens is 2. The van der Waals surface area contributed by atoms with Crippen LogP contribution < -0.4 is 9.47 Å². The van der Waals surface area contributed by atoms with Gasteiger partial charge in [0.2, 0.25) is 0 Å². The van der Waals surface area contributed by atoms with Gasteiger partial charge >= 0.3 is 0 Å². The van der Waals surface area contributed by atoms with Gasteiger partial charge in [-0.15, -0.1) is 0 Å². The molecule has 0 spiro atoms. The Morgan fingerprint density at radius 1 is 1.17 bits per heavy atom. The maximum Gasteiger partial charge on any atom is 0.264 e. The van der Waals surface area contributed by atoms with Crippen LogP contribution in [0, 0.1) is 0 Å². The van der Waals surface area contributed by atoms with Gasteiger partial charge in [0.05, 0.1) is 7.11 Å². The van der Waals surface area contributed by atoms with E-state index < -0.39 is 0 Å². The normalized spacial score (nSPS) is 10.3. The van der Waals surface area contributed by atoms with Crippen molar-refractivity contribution in [3.8, 4) is 11.5 Å². The van der Waals surface area contributed by atoms with E-state index in [1.807, 2.05) is 24.3 Å². The van der Waals surface area contributed by atoms with Gasteiger partial charge < -0.3 is 14.0 Å². The molecule has 1 aromatic heterocycles. The average molecular weight is 248 g/mol. The third-order valence-electron chi connectivity index (χ3n) is 2.41. The molecule has 2 rings (SSSR count). The highest BCUT2D eigenvalue weighted by Gasteiger charge is 2.06. The minimum absolute atomic E-state index is 0.281. The molecular formula is C13H16N2O3. The molecule has 0 amide bonds. The van der Waals surface area contributed by atoms with E-state index in [4.69, 9.17) is 14.0 Å². The van der Waals surface area contributed by atoms with E-state index >= 15 is 0 Å². The second-order valence-corrected chi connectivity index (χ2v) is 3.82. The monoisotopic (exact) mass is 248 g/mol. The minimum atomic E-state index is 0.281. The number of hydrogen-bond acceptors (Lipinski definition) is 5. The van der Waals surface area contributed by atoms with Crippen LogP contribution in [0.15, 0.2) is 28.8 Å². The molecule has 0 bridgehead atoms. The summed E-state index contributed by atoms with van der Waals surface area (Å²) in [5, 5.41) is 3.86. The van der Waals surface area contributed by atoms with Crippen LogP contribution >= 0.6 is 0 Å². The maximum absolute atomic E-state index is 5.53. The SMILES string of the molecule is CCCc1noc(COc2ccc(OC)cc2)n1. The van der Waals surface area contributed by atoms with Crippen molar-refractivity contribution in [1.82, 2.24) is 10.1 Å². The van der Waals surface area contributed by atoms with Crippen LogP contribution in [-0.2, 0) is 13.0 Å². The van der Waals surface area contributed by atoms with E-state index in [1.54, 1.807) is 7.11 Å². The topological polar surface area (TPSA) is 57.4 Å². The molecule has 0 N–H and O–H groups in total. The lowest BCUT2D eigenvalue weighted by atomic mass is 10.3. The van der Waals surface area contributed by atoms with Crippen LogP contribution in [0.5, 0.6) is 11.5 Å². The number of aryl methyl sites for hydroxylation is 1. The van der Waals surface area contributed by atoms with E-state index in [0.29, 0.717) is 5.89 Å². The molecule has 18 heavy (non-hydrogen) atoms. The summed E-state index contributed by atoms with van der Waals surface area (Å²) in [4.78, 5) is 4.22. The number of hydrogen-bond donors (Lipinski definition) is 0. The lowest BCUT2D eigenvalue weighted by Crippen LogP contribution is -1.96. The van der Waals surface area contributed by atoms with Crippen molar-refractivity contribution < 1.29 is 14.0 Å². The Hall–Kier alpha value is -2.04. The second-order valence-electron chi connectivity index (χ2n) is 3.82. The first-order valence-electron chi connectivity index (χ1n) is 5.90. The minimum Gasteiger partial charge on any atom is -0.497 e. The van der Waals surface area contributed by atoms with E-state index in [-0.39, 0.29) is 6.61 Å². The van der Waals surface area contributed by atoms with Crippen LogP contribution in [0.1, 0.15) is 25.1 Å². The van der Waals surface area contributed by atoms with Gasteiger partial charge in [0.15, 0.2) is 12.4 Å². The summed E-state index contributed by atoms with van der Waals surface area (Å²) in [5.74, 6) is 2.76. The molecule has 96 valence electrons. The third kappa shape index (κ3) is 3.23. The molecule has 0 saturated heterocycles. The molecule has 0 aliphatic carbocycles.